The molecule has 2 aromatic rings. The van der Waals surface area contributed by atoms with Gasteiger partial charge in [-0.3, -0.25) is 4.79 Å². The summed E-state index contributed by atoms with van der Waals surface area (Å²) >= 11 is 6.87. The van der Waals surface area contributed by atoms with Gasteiger partial charge in [-0.25, -0.2) is 0 Å². The van der Waals surface area contributed by atoms with E-state index in [9.17, 15) is 4.79 Å². The van der Waals surface area contributed by atoms with Gasteiger partial charge in [-0.05, 0) is 57.7 Å². The summed E-state index contributed by atoms with van der Waals surface area (Å²) in [6.45, 7) is 1.30. The average molecular weight is 410 g/mol. The van der Waals surface area contributed by atoms with Crippen LogP contribution in [-0.4, -0.2) is 17.4 Å². The van der Waals surface area contributed by atoms with Gasteiger partial charge < -0.3 is 10.6 Å². The normalized spacial score (nSPS) is 13.9. The van der Waals surface area contributed by atoms with Gasteiger partial charge in [0.1, 0.15) is 0 Å². The zero-order valence-corrected chi connectivity index (χ0v) is 14.4. The molecule has 2 aromatic carbocycles. The van der Waals surface area contributed by atoms with Crippen LogP contribution in [0.1, 0.15) is 21.5 Å². The number of carbonyl (C=O) groups excluding carboxylic acids is 1. The molecule has 108 valence electrons. The first-order chi connectivity index (χ1) is 10.1. The van der Waals surface area contributed by atoms with E-state index in [-0.39, 0.29) is 5.91 Å². The van der Waals surface area contributed by atoms with Crippen molar-refractivity contribution in [2.45, 2.75) is 13.0 Å². The fourth-order valence-electron chi connectivity index (χ4n) is 2.64. The van der Waals surface area contributed by atoms with Gasteiger partial charge in [0.05, 0.1) is 5.56 Å². The Morgan fingerprint density at radius 2 is 2.00 bits per heavy atom. The summed E-state index contributed by atoms with van der Waals surface area (Å²) in [5, 5.41) is 0. The van der Waals surface area contributed by atoms with E-state index < -0.39 is 0 Å². The summed E-state index contributed by atoms with van der Waals surface area (Å²) in [4.78, 5) is 14.6. The highest BCUT2D eigenvalue weighted by Crippen LogP contribution is 2.28. The third kappa shape index (κ3) is 2.85. The van der Waals surface area contributed by atoms with Crippen molar-refractivity contribution in [3.8, 4) is 0 Å². The van der Waals surface area contributed by atoms with Gasteiger partial charge in [-0.1, -0.05) is 28.1 Å². The molecule has 0 radical (unpaired) electrons. The summed E-state index contributed by atoms with van der Waals surface area (Å²) < 4.78 is 1.71. The quantitative estimate of drug-likeness (QED) is 0.723. The molecule has 21 heavy (non-hydrogen) atoms. The zero-order chi connectivity index (χ0) is 15.0. The van der Waals surface area contributed by atoms with Crippen molar-refractivity contribution >= 4 is 43.5 Å². The van der Waals surface area contributed by atoms with Crippen molar-refractivity contribution in [1.29, 1.82) is 0 Å². The number of nitrogen functional groups attached to an aromatic ring is 1. The number of fused-ring (bicyclic) bond motifs is 1. The van der Waals surface area contributed by atoms with Gasteiger partial charge in [0.2, 0.25) is 0 Å². The Morgan fingerprint density at radius 3 is 2.81 bits per heavy atom. The lowest BCUT2D eigenvalue weighted by Crippen LogP contribution is -2.36. The Labute approximate surface area is 140 Å². The number of nitrogens with two attached hydrogens (primary N) is 1. The molecule has 1 heterocycles. The number of nitrogens with zero attached hydrogens (tertiary/aromatic N) is 1. The average Bonchev–Trinajstić information content (AvgIpc) is 2.49. The summed E-state index contributed by atoms with van der Waals surface area (Å²) in [6.07, 6.45) is 0.805. The third-order valence-corrected chi connectivity index (χ3v) is 4.93. The maximum Gasteiger partial charge on any atom is 0.255 e. The first-order valence-electron chi connectivity index (χ1n) is 6.67. The number of rotatable bonds is 1. The van der Waals surface area contributed by atoms with E-state index >= 15 is 0 Å². The Balaban J connectivity index is 1.89. The molecule has 3 rings (SSSR count). The molecule has 0 saturated carbocycles. The Morgan fingerprint density at radius 1 is 1.19 bits per heavy atom. The molecule has 0 atom stereocenters. The van der Waals surface area contributed by atoms with Crippen LogP contribution in [-0.2, 0) is 13.0 Å². The minimum atomic E-state index is 0.0382. The van der Waals surface area contributed by atoms with Crippen LogP contribution in [0.2, 0.25) is 0 Å². The molecule has 1 aliphatic rings. The van der Waals surface area contributed by atoms with E-state index in [1.165, 1.54) is 5.56 Å². The van der Waals surface area contributed by atoms with Crippen molar-refractivity contribution in [2.24, 2.45) is 0 Å². The molecule has 0 unspecified atom stereocenters. The summed E-state index contributed by atoms with van der Waals surface area (Å²) in [6, 6.07) is 11.5. The fourth-order valence-corrected chi connectivity index (χ4v) is 3.42. The molecular formula is C16H14Br2N2O. The van der Waals surface area contributed by atoms with Crippen molar-refractivity contribution in [1.82, 2.24) is 4.90 Å². The van der Waals surface area contributed by atoms with Crippen LogP contribution in [0.15, 0.2) is 45.3 Å². The van der Waals surface area contributed by atoms with Gasteiger partial charge >= 0.3 is 0 Å². The van der Waals surface area contributed by atoms with Crippen molar-refractivity contribution in [3.63, 3.8) is 0 Å². The topological polar surface area (TPSA) is 46.3 Å². The minimum Gasteiger partial charge on any atom is -0.398 e. The number of hydrogen-bond acceptors (Lipinski definition) is 2. The molecule has 0 aromatic heterocycles. The highest BCUT2D eigenvalue weighted by atomic mass is 79.9. The molecule has 0 saturated heterocycles. The van der Waals surface area contributed by atoms with Gasteiger partial charge in [0.25, 0.3) is 5.91 Å². The van der Waals surface area contributed by atoms with Gasteiger partial charge in [-0.2, -0.15) is 0 Å². The van der Waals surface area contributed by atoms with E-state index in [2.05, 4.69) is 31.9 Å². The third-order valence-electron chi connectivity index (χ3n) is 3.75. The molecule has 2 N–H and O–H groups in total. The monoisotopic (exact) mass is 408 g/mol. The number of amides is 1. The van der Waals surface area contributed by atoms with E-state index in [1.54, 1.807) is 0 Å². The van der Waals surface area contributed by atoms with Gasteiger partial charge in [0.15, 0.2) is 0 Å². The van der Waals surface area contributed by atoms with Gasteiger partial charge in [0, 0.05) is 27.7 Å². The first-order valence-corrected chi connectivity index (χ1v) is 8.25. The summed E-state index contributed by atoms with van der Waals surface area (Å²) in [5.41, 5.74) is 9.82. The van der Waals surface area contributed by atoms with Crippen LogP contribution in [0, 0.1) is 0 Å². The minimum absolute atomic E-state index is 0.0382. The number of carbonyl (C=O) groups is 1. The lowest BCUT2D eigenvalue weighted by molar-refractivity contribution is 0.0734. The molecule has 1 aliphatic heterocycles. The van der Waals surface area contributed by atoms with E-state index in [0.29, 0.717) is 18.7 Å². The van der Waals surface area contributed by atoms with Gasteiger partial charge in [-0.15, -0.1) is 0 Å². The number of benzene rings is 2. The maximum atomic E-state index is 12.7. The molecule has 5 heteroatoms. The highest BCUT2D eigenvalue weighted by Gasteiger charge is 2.24. The lowest BCUT2D eigenvalue weighted by atomic mass is 9.97. The highest BCUT2D eigenvalue weighted by molar-refractivity contribution is 9.11. The molecule has 0 fully saturated rings. The number of hydrogen-bond donors (Lipinski definition) is 1. The molecule has 0 aliphatic carbocycles. The number of halogens is 2. The summed E-state index contributed by atoms with van der Waals surface area (Å²) in [7, 11) is 0. The van der Waals surface area contributed by atoms with E-state index in [4.69, 9.17) is 5.73 Å². The van der Waals surface area contributed by atoms with E-state index in [1.807, 2.05) is 41.3 Å². The molecule has 0 spiro atoms. The van der Waals surface area contributed by atoms with Crippen LogP contribution in [0.5, 0.6) is 0 Å². The molecule has 3 nitrogen and oxygen atoms in total. The molecule has 1 amide bonds. The number of anilines is 1. The predicted molar refractivity (Wildman–Crippen MR) is 91.1 cm³/mol. The summed E-state index contributed by atoms with van der Waals surface area (Å²) in [5.74, 6) is 0.0382. The Bertz CT molecular complexity index is 715. The van der Waals surface area contributed by atoms with Crippen LogP contribution in [0.4, 0.5) is 5.69 Å². The largest absolute Gasteiger partial charge is 0.398 e. The lowest BCUT2D eigenvalue weighted by Gasteiger charge is -2.30. The van der Waals surface area contributed by atoms with Crippen LogP contribution >= 0.6 is 31.9 Å². The van der Waals surface area contributed by atoms with Crippen molar-refractivity contribution < 1.29 is 4.79 Å². The van der Waals surface area contributed by atoms with Crippen molar-refractivity contribution in [2.75, 3.05) is 12.3 Å². The SMILES string of the molecule is Nc1cccc2c1CCN(C(=O)c1cc(Br)ccc1Br)C2. The van der Waals surface area contributed by atoms with Crippen molar-refractivity contribution in [3.05, 3.63) is 62.0 Å². The second-order valence-electron chi connectivity index (χ2n) is 5.09. The smallest absolute Gasteiger partial charge is 0.255 e. The zero-order valence-electron chi connectivity index (χ0n) is 11.3. The van der Waals surface area contributed by atoms with Crippen LogP contribution < -0.4 is 5.73 Å². The maximum absolute atomic E-state index is 12.7. The van der Waals surface area contributed by atoms with E-state index in [0.717, 1.165) is 26.6 Å². The molecular weight excluding hydrogens is 396 g/mol. The standard InChI is InChI=1S/C16H14Br2N2O/c17-11-4-5-14(18)13(8-11)16(21)20-7-6-12-10(9-20)2-1-3-15(12)19/h1-5,8H,6-7,9,19H2. The molecule has 0 bridgehead atoms. The fraction of sp³-hybridized carbons (Fsp3) is 0.188. The predicted octanol–water partition coefficient (Wildman–Crippen LogP) is 3.99. The second-order valence-corrected chi connectivity index (χ2v) is 6.86. The van der Waals surface area contributed by atoms with Crippen LogP contribution in [0.25, 0.3) is 0 Å². The van der Waals surface area contributed by atoms with Crippen LogP contribution in [0.3, 0.4) is 0 Å². The second kappa shape index (κ2) is 5.81. The Kier molecular flexibility index (Phi) is 4.04. The Hall–Kier alpha value is -1.33. The first kappa shape index (κ1) is 14.6.